The fourth-order valence-corrected chi connectivity index (χ4v) is 4.45. The zero-order chi connectivity index (χ0) is 15.5. The van der Waals surface area contributed by atoms with Crippen molar-refractivity contribution in [1.29, 1.82) is 0 Å². The molecule has 1 aliphatic heterocycles. The molecule has 0 fully saturated rings. The summed E-state index contributed by atoms with van der Waals surface area (Å²) in [4.78, 5) is 19.3. The minimum atomic E-state index is 0.179. The Morgan fingerprint density at radius 1 is 1.32 bits per heavy atom. The third-order valence-corrected chi connectivity index (χ3v) is 6.12. The molecule has 1 aromatic carbocycles. The standard InChI is InChI=1S/C17H20N2OS2/c1-13(15-8-5-10-21-15)18(2)12-17(20)19-9-11-22-16-7-4-3-6-14(16)19/h3-8,10,13H,9,11-12H2,1-2H3. The van der Waals surface area contributed by atoms with E-state index in [1.54, 1.807) is 11.3 Å². The van der Waals surface area contributed by atoms with Crippen molar-refractivity contribution in [2.24, 2.45) is 0 Å². The summed E-state index contributed by atoms with van der Waals surface area (Å²) in [6.45, 7) is 3.39. The van der Waals surface area contributed by atoms with E-state index in [4.69, 9.17) is 0 Å². The lowest BCUT2D eigenvalue weighted by Gasteiger charge is -2.31. The smallest absolute Gasteiger partial charge is 0.241 e. The monoisotopic (exact) mass is 332 g/mol. The van der Waals surface area contributed by atoms with Gasteiger partial charge in [-0.25, -0.2) is 0 Å². The molecule has 0 spiro atoms. The number of thioether (sulfide) groups is 1. The molecule has 0 aliphatic carbocycles. The van der Waals surface area contributed by atoms with E-state index in [1.807, 2.05) is 41.9 Å². The van der Waals surface area contributed by atoms with E-state index in [-0.39, 0.29) is 11.9 Å². The van der Waals surface area contributed by atoms with E-state index < -0.39 is 0 Å². The van der Waals surface area contributed by atoms with Crippen molar-refractivity contribution in [3.8, 4) is 0 Å². The molecule has 5 heteroatoms. The van der Waals surface area contributed by atoms with Gasteiger partial charge in [0.15, 0.2) is 0 Å². The van der Waals surface area contributed by atoms with Gasteiger partial charge in [-0.2, -0.15) is 0 Å². The molecule has 2 heterocycles. The zero-order valence-electron chi connectivity index (χ0n) is 12.9. The van der Waals surface area contributed by atoms with Crippen LogP contribution in [0.4, 0.5) is 5.69 Å². The Hall–Kier alpha value is -1.30. The average molecular weight is 332 g/mol. The predicted octanol–water partition coefficient (Wildman–Crippen LogP) is 3.88. The van der Waals surface area contributed by atoms with Crippen LogP contribution in [0.5, 0.6) is 0 Å². The first kappa shape index (κ1) is 15.6. The van der Waals surface area contributed by atoms with Gasteiger partial charge in [0, 0.05) is 28.1 Å². The highest BCUT2D eigenvalue weighted by Crippen LogP contribution is 2.34. The number of anilines is 1. The van der Waals surface area contributed by atoms with Crippen molar-refractivity contribution in [1.82, 2.24) is 4.90 Å². The van der Waals surface area contributed by atoms with Crippen molar-refractivity contribution in [2.45, 2.75) is 17.9 Å². The molecule has 0 saturated carbocycles. The van der Waals surface area contributed by atoms with Gasteiger partial charge < -0.3 is 4.90 Å². The van der Waals surface area contributed by atoms with Crippen molar-refractivity contribution < 1.29 is 4.79 Å². The summed E-state index contributed by atoms with van der Waals surface area (Å²) in [6.07, 6.45) is 0. The summed E-state index contributed by atoms with van der Waals surface area (Å²) in [5.74, 6) is 1.14. The Bertz CT molecular complexity index is 642. The number of thiophene rings is 1. The first-order valence-corrected chi connectivity index (χ1v) is 9.29. The van der Waals surface area contributed by atoms with Crippen LogP contribution in [0.15, 0.2) is 46.7 Å². The van der Waals surface area contributed by atoms with Crippen LogP contribution >= 0.6 is 23.1 Å². The predicted molar refractivity (Wildman–Crippen MR) is 94.9 cm³/mol. The third-order valence-electron chi connectivity index (χ3n) is 4.03. The molecular formula is C17H20N2OS2. The van der Waals surface area contributed by atoms with Crippen molar-refractivity contribution >= 4 is 34.7 Å². The largest absolute Gasteiger partial charge is 0.309 e. The van der Waals surface area contributed by atoms with Gasteiger partial charge in [-0.3, -0.25) is 9.69 Å². The molecule has 1 amide bonds. The van der Waals surface area contributed by atoms with Crippen LogP contribution in [-0.4, -0.2) is 36.7 Å². The molecule has 3 rings (SSSR count). The molecule has 2 aromatic rings. The Labute approximate surface area is 139 Å². The lowest BCUT2D eigenvalue weighted by molar-refractivity contribution is -0.119. The summed E-state index contributed by atoms with van der Waals surface area (Å²) >= 11 is 3.57. The molecule has 0 radical (unpaired) electrons. The fourth-order valence-electron chi connectivity index (χ4n) is 2.61. The maximum Gasteiger partial charge on any atom is 0.241 e. The Kier molecular flexibility index (Phi) is 4.86. The van der Waals surface area contributed by atoms with E-state index in [1.165, 1.54) is 9.77 Å². The fraction of sp³-hybridized carbons (Fsp3) is 0.353. The van der Waals surface area contributed by atoms with Gasteiger partial charge in [0.2, 0.25) is 5.91 Å². The zero-order valence-corrected chi connectivity index (χ0v) is 14.5. The van der Waals surface area contributed by atoms with E-state index in [0.29, 0.717) is 6.54 Å². The van der Waals surface area contributed by atoms with Gasteiger partial charge in [0.25, 0.3) is 0 Å². The number of hydrogen-bond acceptors (Lipinski definition) is 4. The second kappa shape index (κ2) is 6.86. The highest BCUT2D eigenvalue weighted by atomic mass is 32.2. The van der Waals surface area contributed by atoms with E-state index in [0.717, 1.165) is 18.0 Å². The van der Waals surface area contributed by atoms with Gasteiger partial charge in [-0.15, -0.1) is 23.1 Å². The number of likely N-dealkylation sites (N-methyl/N-ethyl adjacent to an activating group) is 1. The van der Waals surface area contributed by atoms with Crippen LogP contribution in [0.25, 0.3) is 0 Å². The maximum atomic E-state index is 12.7. The van der Waals surface area contributed by atoms with Crippen LogP contribution in [0, 0.1) is 0 Å². The summed E-state index contributed by atoms with van der Waals surface area (Å²) in [5, 5.41) is 2.08. The van der Waals surface area contributed by atoms with Crippen LogP contribution < -0.4 is 4.90 Å². The topological polar surface area (TPSA) is 23.6 Å². The Morgan fingerprint density at radius 3 is 2.91 bits per heavy atom. The quantitative estimate of drug-likeness (QED) is 0.849. The molecule has 0 N–H and O–H groups in total. The molecule has 3 nitrogen and oxygen atoms in total. The van der Waals surface area contributed by atoms with Crippen LogP contribution in [0.1, 0.15) is 17.8 Å². The number of hydrogen-bond donors (Lipinski definition) is 0. The van der Waals surface area contributed by atoms with Gasteiger partial charge in [0.1, 0.15) is 0 Å². The molecule has 1 aliphatic rings. The number of rotatable bonds is 4. The highest BCUT2D eigenvalue weighted by molar-refractivity contribution is 7.99. The first-order valence-electron chi connectivity index (χ1n) is 7.42. The lowest BCUT2D eigenvalue weighted by Crippen LogP contribution is -2.42. The lowest BCUT2D eigenvalue weighted by atomic mass is 10.2. The minimum absolute atomic E-state index is 0.179. The van der Waals surface area contributed by atoms with Crippen molar-refractivity contribution in [3.63, 3.8) is 0 Å². The molecular weight excluding hydrogens is 312 g/mol. The second-order valence-electron chi connectivity index (χ2n) is 5.47. The molecule has 1 atom stereocenters. The average Bonchev–Trinajstić information content (AvgIpc) is 3.07. The maximum absolute atomic E-state index is 12.7. The highest BCUT2D eigenvalue weighted by Gasteiger charge is 2.24. The summed E-state index contributed by atoms with van der Waals surface area (Å²) in [6, 6.07) is 12.6. The molecule has 1 unspecified atom stereocenters. The van der Waals surface area contributed by atoms with Crippen LogP contribution in [0.3, 0.4) is 0 Å². The number of carbonyl (C=O) groups is 1. The number of carbonyl (C=O) groups excluding carboxylic acids is 1. The molecule has 0 saturated heterocycles. The minimum Gasteiger partial charge on any atom is -0.309 e. The van der Waals surface area contributed by atoms with Crippen LogP contribution in [-0.2, 0) is 4.79 Å². The van der Waals surface area contributed by atoms with E-state index >= 15 is 0 Å². The Balaban J connectivity index is 1.70. The van der Waals surface area contributed by atoms with Gasteiger partial charge >= 0.3 is 0 Å². The number of amides is 1. The Morgan fingerprint density at radius 2 is 2.14 bits per heavy atom. The number of fused-ring (bicyclic) bond motifs is 1. The summed E-state index contributed by atoms with van der Waals surface area (Å²) in [5.41, 5.74) is 1.06. The van der Waals surface area contributed by atoms with E-state index in [9.17, 15) is 4.79 Å². The number of nitrogens with zero attached hydrogens (tertiary/aromatic N) is 2. The first-order chi connectivity index (χ1) is 10.7. The van der Waals surface area contributed by atoms with Gasteiger partial charge in [-0.1, -0.05) is 18.2 Å². The van der Waals surface area contributed by atoms with E-state index in [2.05, 4.69) is 35.4 Å². The van der Waals surface area contributed by atoms with Crippen molar-refractivity contribution in [3.05, 3.63) is 46.7 Å². The summed E-state index contributed by atoms with van der Waals surface area (Å²) in [7, 11) is 2.02. The number of benzene rings is 1. The molecule has 0 bridgehead atoms. The van der Waals surface area contributed by atoms with Gasteiger partial charge in [-0.05, 0) is 37.6 Å². The summed E-state index contributed by atoms with van der Waals surface area (Å²) < 4.78 is 0. The number of para-hydroxylation sites is 1. The van der Waals surface area contributed by atoms with Gasteiger partial charge in [0.05, 0.1) is 12.2 Å². The molecule has 1 aromatic heterocycles. The van der Waals surface area contributed by atoms with Crippen molar-refractivity contribution in [2.75, 3.05) is 30.8 Å². The molecule has 22 heavy (non-hydrogen) atoms. The SMILES string of the molecule is CC(c1cccs1)N(C)CC(=O)N1CCSc2ccccc21. The van der Waals surface area contributed by atoms with Crippen LogP contribution in [0.2, 0.25) is 0 Å². The molecule has 116 valence electrons. The third kappa shape index (κ3) is 3.21. The normalized spacial score (nSPS) is 15.7. The second-order valence-corrected chi connectivity index (χ2v) is 7.58.